The Morgan fingerprint density at radius 2 is 1.88 bits per heavy atom. The molecule has 0 unspecified atom stereocenters. The zero-order chi connectivity index (χ0) is 11.5. The molecule has 1 saturated heterocycles. The number of aromatic nitrogens is 2. The predicted octanol–water partition coefficient (Wildman–Crippen LogP) is 1.59. The van der Waals surface area contributed by atoms with Gasteiger partial charge in [-0.2, -0.15) is 4.98 Å². The molecule has 0 radical (unpaired) electrons. The third-order valence-corrected chi connectivity index (χ3v) is 2.92. The lowest BCUT2D eigenvalue weighted by Crippen LogP contribution is -2.38. The normalized spacial score (nSPS) is 20.2. The van der Waals surface area contributed by atoms with Crippen LogP contribution in [0.4, 0.5) is 0 Å². The fourth-order valence-corrected chi connectivity index (χ4v) is 1.77. The topological polar surface area (TPSA) is 51.4 Å². The van der Waals surface area contributed by atoms with Crippen LogP contribution >= 0.6 is 0 Å². The fourth-order valence-electron chi connectivity index (χ4n) is 1.77. The molecule has 16 heavy (non-hydrogen) atoms. The van der Waals surface area contributed by atoms with Gasteiger partial charge in [0.15, 0.2) is 5.82 Å². The van der Waals surface area contributed by atoms with E-state index in [0.29, 0.717) is 11.8 Å². The van der Waals surface area contributed by atoms with Gasteiger partial charge in [0, 0.05) is 19.0 Å². The molecule has 0 bridgehead atoms. The van der Waals surface area contributed by atoms with Crippen molar-refractivity contribution in [1.82, 2.24) is 15.0 Å². The third-order valence-electron chi connectivity index (χ3n) is 2.92. The smallest absolute Gasteiger partial charge is 0.243 e. The average Bonchev–Trinajstić information content (AvgIpc) is 2.78. The van der Waals surface area contributed by atoms with Crippen molar-refractivity contribution in [2.45, 2.75) is 32.7 Å². The Kier molecular flexibility index (Phi) is 3.56. The highest BCUT2D eigenvalue weighted by atomic mass is 16.5. The standard InChI is InChI=1S/C11H19N3O2/c1-8(2)10-12-11(16-13-10)9(3)14-4-6-15-7-5-14/h8-9H,4-7H2,1-3H3/t9-/m0/s1. The Labute approximate surface area is 95.8 Å². The molecular weight excluding hydrogens is 206 g/mol. The van der Waals surface area contributed by atoms with E-state index < -0.39 is 0 Å². The number of hydrogen-bond donors (Lipinski definition) is 0. The van der Waals surface area contributed by atoms with Crippen molar-refractivity contribution in [2.24, 2.45) is 0 Å². The maximum atomic E-state index is 5.32. The molecule has 0 saturated carbocycles. The van der Waals surface area contributed by atoms with Gasteiger partial charge in [0.05, 0.1) is 19.3 Å². The van der Waals surface area contributed by atoms with Gasteiger partial charge in [0.1, 0.15) is 0 Å². The highest BCUT2D eigenvalue weighted by Crippen LogP contribution is 2.21. The zero-order valence-corrected chi connectivity index (χ0v) is 10.1. The van der Waals surface area contributed by atoms with Crippen LogP contribution in [0.3, 0.4) is 0 Å². The van der Waals surface area contributed by atoms with Crippen molar-refractivity contribution in [3.63, 3.8) is 0 Å². The summed E-state index contributed by atoms with van der Waals surface area (Å²) in [6.45, 7) is 9.66. The van der Waals surface area contributed by atoms with E-state index >= 15 is 0 Å². The molecule has 1 atom stereocenters. The summed E-state index contributed by atoms with van der Waals surface area (Å²) in [6, 6.07) is 0.184. The summed E-state index contributed by atoms with van der Waals surface area (Å²) in [5.41, 5.74) is 0. The van der Waals surface area contributed by atoms with Crippen molar-refractivity contribution < 1.29 is 9.26 Å². The molecule has 0 amide bonds. The van der Waals surface area contributed by atoms with Crippen LogP contribution in [0.1, 0.15) is 44.4 Å². The molecule has 5 heteroatoms. The summed E-state index contributed by atoms with van der Waals surface area (Å²) in [6.07, 6.45) is 0. The molecule has 5 nitrogen and oxygen atoms in total. The van der Waals surface area contributed by atoms with Gasteiger partial charge in [-0.15, -0.1) is 0 Å². The van der Waals surface area contributed by atoms with Gasteiger partial charge in [-0.05, 0) is 6.92 Å². The van der Waals surface area contributed by atoms with Gasteiger partial charge in [-0.1, -0.05) is 19.0 Å². The van der Waals surface area contributed by atoms with Crippen molar-refractivity contribution >= 4 is 0 Å². The van der Waals surface area contributed by atoms with Crippen molar-refractivity contribution in [2.75, 3.05) is 26.3 Å². The summed E-state index contributed by atoms with van der Waals surface area (Å²) < 4.78 is 10.6. The summed E-state index contributed by atoms with van der Waals surface area (Å²) >= 11 is 0. The third kappa shape index (κ3) is 2.41. The average molecular weight is 225 g/mol. The van der Waals surface area contributed by atoms with Crippen molar-refractivity contribution in [3.8, 4) is 0 Å². The Bertz CT molecular complexity index is 332. The summed E-state index contributed by atoms with van der Waals surface area (Å²) in [4.78, 5) is 6.73. The largest absolute Gasteiger partial charge is 0.379 e. The van der Waals surface area contributed by atoms with Crippen LogP contribution in [-0.2, 0) is 4.74 Å². The van der Waals surface area contributed by atoms with Gasteiger partial charge >= 0.3 is 0 Å². The lowest BCUT2D eigenvalue weighted by Gasteiger charge is -2.29. The van der Waals surface area contributed by atoms with E-state index in [1.165, 1.54) is 0 Å². The van der Waals surface area contributed by atoms with Gasteiger partial charge in [0.25, 0.3) is 0 Å². The molecule has 1 aliphatic heterocycles. The molecule has 0 aromatic carbocycles. The van der Waals surface area contributed by atoms with E-state index in [1.54, 1.807) is 0 Å². The number of nitrogens with zero attached hydrogens (tertiary/aromatic N) is 3. The van der Waals surface area contributed by atoms with Crippen LogP contribution in [-0.4, -0.2) is 41.3 Å². The first-order valence-electron chi connectivity index (χ1n) is 5.83. The van der Waals surface area contributed by atoms with Crippen LogP contribution in [0.2, 0.25) is 0 Å². The lowest BCUT2D eigenvalue weighted by atomic mass is 10.2. The van der Waals surface area contributed by atoms with Crippen LogP contribution < -0.4 is 0 Å². The van der Waals surface area contributed by atoms with Gasteiger partial charge in [-0.3, -0.25) is 4.90 Å². The molecule has 1 aliphatic rings. The fraction of sp³-hybridized carbons (Fsp3) is 0.818. The molecule has 1 aromatic rings. The van der Waals surface area contributed by atoms with Crippen LogP contribution in [0.25, 0.3) is 0 Å². The zero-order valence-electron chi connectivity index (χ0n) is 10.1. The van der Waals surface area contributed by atoms with Gasteiger partial charge in [0.2, 0.25) is 5.89 Å². The minimum Gasteiger partial charge on any atom is -0.379 e. The molecular formula is C11H19N3O2. The second-order valence-electron chi connectivity index (χ2n) is 4.47. The Morgan fingerprint density at radius 1 is 1.19 bits per heavy atom. The molecule has 0 N–H and O–H groups in total. The molecule has 0 spiro atoms. The van der Waals surface area contributed by atoms with Crippen LogP contribution in [0.15, 0.2) is 4.52 Å². The highest BCUT2D eigenvalue weighted by molar-refractivity contribution is 4.95. The second-order valence-corrected chi connectivity index (χ2v) is 4.47. The van der Waals surface area contributed by atoms with Crippen molar-refractivity contribution in [3.05, 3.63) is 11.7 Å². The number of morpholine rings is 1. The molecule has 2 rings (SSSR count). The quantitative estimate of drug-likeness (QED) is 0.781. The van der Waals surface area contributed by atoms with Crippen molar-refractivity contribution in [1.29, 1.82) is 0 Å². The number of ether oxygens (including phenoxy) is 1. The molecule has 1 fully saturated rings. The predicted molar refractivity (Wildman–Crippen MR) is 59.2 cm³/mol. The lowest BCUT2D eigenvalue weighted by molar-refractivity contribution is 0.0134. The van der Waals surface area contributed by atoms with Gasteiger partial charge in [-0.25, -0.2) is 0 Å². The minimum atomic E-state index is 0.184. The first kappa shape index (κ1) is 11.5. The summed E-state index contributed by atoms with van der Waals surface area (Å²) in [7, 11) is 0. The van der Waals surface area contributed by atoms with E-state index in [0.717, 1.165) is 32.1 Å². The minimum absolute atomic E-state index is 0.184. The first-order valence-corrected chi connectivity index (χ1v) is 5.83. The van der Waals surface area contributed by atoms with E-state index in [-0.39, 0.29) is 6.04 Å². The van der Waals surface area contributed by atoms with E-state index in [9.17, 15) is 0 Å². The maximum Gasteiger partial charge on any atom is 0.243 e. The highest BCUT2D eigenvalue weighted by Gasteiger charge is 2.23. The second kappa shape index (κ2) is 4.93. The number of hydrogen-bond acceptors (Lipinski definition) is 5. The number of rotatable bonds is 3. The molecule has 1 aromatic heterocycles. The molecule has 0 aliphatic carbocycles. The van der Waals surface area contributed by atoms with Crippen LogP contribution in [0, 0.1) is 0 Å². The van der Waals surface area contributed by atoms with E-state index in [1.807, 2.05) is 0 Å². The monoisotopic (exact) mass is 225 g/mol. The maximum absolute atomic E-state index is 5.32. The summed E-state index contributed by atoms with van der Waals surface area (Å²) in [5.74, 6) is 1.81. The SMILES string of the molecule is CC(C)c1noc([C@H](C)N2CCOCC2)n1. The van der Waals surface area contributed by atoms with Gasteiger partial charge < -0.3 is 9.26 Å². The van der Waals surface area contributed by atoms with E-state index in [2.05, 4.69) is 35.8 Å². The molecule has 2 heterocycles. The van der Waals surface area contributed by atoms with E-state index in [4.69, 9.17) is 9.26 Å². The summed E-state index contributed by atoms with van der Waals surface area (Å²) in [5, 5.41) is 3.99. The Hall–Kier alpha value is -0.940. The Morgan fingerprint density at radius 3 is 2.44 bits per heavy atom. The van der Waals surface area contributed by atoms with Crippen LogP contribution in [0.5, 0.6) is 0 Å². The Balaban J connectivity index is 2.04. The molecule has 90 valence electrons. The first-order chi connectivity index (χ1) is 7.68.